The lowest BCUT2D eigenvalue weighted by Crippen LogP contribution is -2.49. The topological polar surface area (TPSA) is 93.0 Å². The lowest BCUT2D eigenvalue weighted by atomic mass is 10.00. The molecule has 0 radical (unpaired) electrons. The van der Waals surface area contributed by atoms with Gasteiger partial charge in [-0.15, -0.1) is 0 Å². The van der Waals surface area contributed by atoms with Crippen molar-refractivity contribution in [2.75, 3.05) is 37.6 Å². The van der Waals surface area contributed by atoms with Gasteiger partial charge in [0.2, 0.25) is 0 Å². The van der Waals surface area contributed by atoms with E-state index in [2.05, 4.69) is 28.0 Å². The second kappa shape index (κ2) is 10.3. The fourth-order valence-corrected chi connectivity index (χ4v) is 4.55. The van der Waals surface area contributed by atoms with Crippen molar-refractivity contribution in [1.29, 1.82) is 0 Å². The van der Waals surface area contributed by atoms with Crippen LogP contribution in [0.25, 0.3) is 22.3 Å². The molecule has 0 saturated carbocycles. The molecule has 1 aromatic heterocycles. The Balaban J connectivity index is 1.48. The monoisotopic (exact) mass is 464 g/mol. The summed E-state index contributed by atoms with van der Waals surface area (Å²) in [5, 5.41) is 31.7. The molecule has 34 heavy (non-hydrogen) atoms. The van der Waals surface area contributed by atoms with Gasteiger partial charge in [0.25, 0.3) is 0 Å². The molecule has 1 fully saturated rings. The number of nitrogens with zero attached hydrogens (tertiary/aromatic N) is 4. The van der Waals surface area contributed by atoms with Gasteiger partial charge in [-0.1, -0.05) is 18.2 Å². The van der Waals surface area contributed by atoms with Crippen LogP contribution in [-0.2, 0) is 0 Å². The molecule has 1 aliphatic heterocycles. The number of aliphatic hydroxyl groups is 2. The molecule has 4 rings (SSSR count). The zero-order valence-electron chi connectivity index (χ0n) is 20.4. The van der Waals surface area contributed by atoms with Crippen molar-refractivity contribution in [2.24, 2.45) is 0 Å². The molecule has 1 aliphatic rings. The zero-order chi connectivity index (χ0) is 24.3. The summed E-state index contributed by atoms with van der Waals surface area (Å²) in [5.74, 6) is 1.58. The van der Waals surface area contributed by atoms with E-state index in [9.17, 15) is 15.3 Å². The van der Waals surface area contributed by atoms with Gasteiger partial charge in [0.05, 0.1) is 22.8 Å². The summed E-state index contributed by atoms with van der Waals surface area (Å²) in [5.41, 5.74) is 1.94. The van der Waals surface area contributed by atoms with E-state index in [0.717, 1.165) is 54.9 Å². The molecular formula is C27H36N4O3. The highest BCUT2D eigenvalue weighted by Gasteiger charge is 2.23. The largest absolute Gasteiger partial charge is 0.507 e. The number of piperazine rings is 1. The van der Waals surface area contributed by atoms with E-state index in [-0.39, 0.29) is 11.9 Å². The number of benzene rings is 2. The van der Waals surface area contributed by atoms with Crippen molar-refractivity contribution < 1.29 is 15.3 Å². The molecule has 0 amide bonds. The van der Waals surface area contributed by atoms with Crippen molar-refractivity contribution in [3.8, 4) is 17.1 Å². The molecule has 1 saturated heterocycles. The second-order valence-corrected chi connectivity index (χ2v) is 10.1. The van der Waals surface area contributed by atoms with E-state index < -0.39 is 5.60 Å². The fourth-order valence-electron chi connectivity index (χ4n) is 4.55. The summed E-state index contributed by atoms with van der Waals surface area (Å²) < 4.78 is 0. The molecule has 0 bridgehead atoms. The van der Waals surface area contributed by atoms with Gasteiger partial charge in [0.1, 0.15) is 11.6 Å². The van der Waals surface area contributed by atoms with Gasteiger partial charge in [-0.25, -0.2) is 9.97 Å². The Labute approximate surface area is 201 Å². The first kappa shape index (κ1) is 24.4. The van der Waals surface area contributed by atoms with Gasteiger partial charge >= 0.3 is 0 Å². The summed E-state index contributed by atoms with van der Waals surface area (Å²) in [6, 6.07) is 13.4. The lowest BCUT2D eigenvalue weighted by molar-refractivity contribution is 0.0563. The van der Waals surface area contributed by atoms with Gasteiger partial charge in [0, 0.05) is 38.1 Å². The minimum atomic E-state index is -0.681. The third-order valence-corrected chi connectivity index (χ3v) is 6.44. The maximum absolute atomic E-state index is 10.5. The highest BCUT2D eigenvalue weighted by Crippen LogP contribution is 2.32. The molecule has 7 heteroatoms. The quantitative estimate of drug-likeness (QED) is 0.468. The van der Waals surface area contributed by atoms with Gasteiger partial charge in [-0.05, 0) is 69.9 Å². The molecular weight excluding hydrogens is 428 g/mol. The summed E-state index contributed by atoms with van der Waals surface area (Å²) in [6.45, 7) is 9.59. The van der Waals surface area contributed by atoms with E-state index in [1.54, 1.807) is 26.0 Å². The highest BCUT2D eigenvalue weighted by molar-refractivity contribution is 5.92. The number of aromatic nitrogens is 2. The number of anilines is 1. The Morgan fingerprint density at radius 2 is 1.76 bits per heavy atom. The molecule has 3 aromatic rings. The summed E-state index contributed by atoms with van der Waals surface area (Å²) in [7, 11) is 0. The van der Waals surface area contributed by atoms with Crippen molar-refractivity contribution in [2.45, 2.75) is 51.7 Å². The van der Waals surface area contributed by atoms with Crippen molar-refractivity contribution in [1.82, 2.24) is 14.9 Å². The maximum atomic E-state index is 10.5. The van der Waals surface area contributed by atoms with E-state index in [1.807, 2.05) is 19.1 Å². The molecule has 3 N–H and O–H groups in total. The first-order chi connectivity index (χ1) is 16.2. The first-order valence-corrected chi connectivity index (χ1v) is 12.1. The van der Waals surface area contributed by atoms with Crippen LogP contribution < -0.4 is 4.90 Å². The third-order valence-electron chi connectivity index (χ3n) is 6.44. The minimum absolute atomic E-state index is 0.170. The van der Waals surface area contributed by atoms with Gasteiger partial charge < -0.3 is 20.2 Å². The Morgan fingerprint density at radius 3 is 2.47 bits per heavy atom. The van der Waals surface area contributed by atoms with Crippen molar-refractivity contribution in [3.05, 3.63) is 48.0 Å². The van der Waals surface area contributed by atoms with Crippen LogP contribution in [0.2, 0.25) is 0 Å². The van der Waals surface area contributed by atoms with Crippen molar-refractivity contribution in [3.63, 3.8) is 0 Å². The van der Waals surface area contributed by atoms with E-state index >= 15 is 0 Å². The average molecular weight is 465 g/mol. The number of β-amino-alcohol motifs (C(OH)–C–C–N with tert-alkyl or cyclic N) is 1. The maximum Gasteiger partial charge on any atom is 0.165 e. The van der Waals surface area contributed by atoms with Crippen LogP contribution in [0.5, 0.6) is 5.75 Å². The number of rotatable bonds is 8. The molecule has 7 nitrogen and oxygen atoms in total. The molecule has 0 unspecified atom stereocenters. The summed E-state index contributed by atoms with van der Waals surface area (Å²) >= 11 is 0. The number of aryl methyl sites for hydroxylation is 1. The standard InChI is InChI=1S/C27H36N4O3/c1-19-10-11-21-23(17-19)28-25(22-8-4-5-9-24(22)33)29-26(21)31-15-13-30(14-16-31)18-20(32)7-6-12-27(2,3)34/h4-5,8-11,17,20,32-34H,6-7,12-16,18H2,1-3H3/t20-/m1/s1. The number of phenolic OH excluding ortho intramolecular Hbond substituents is 1. The minimum Gasteiger partial charge on any atom is -0.507 e. The molecule has 2 aromatic carbocycles. The highest BCUT2D eigenvalue weighted by atomic mass is 16.3. The first-order valence-electron chi connectivity index (χ1n) is 12.1. The molecule has 1 atom stereocenters. The number of para-hydroxylation sites is 1. The number of phenols is 1. The van der Waals surface area contributed by atoms with E-state index in [0.29, 0.717) is 30.8 Å². The Morgan fingerprint density at radius 1 is 1.03 bits per heavy atom. The average Bonchev–Trinajstić information content (AvgIpc) is 2.78. The van der Waals surface area contributed by atoms with Gasteiger partial charge in [0.15, 0.2) is 5.82 Å². The molecule has 0 spiro atoms. The normalized spacial score (nSPS) is 16.2. The summed E-state index contributed by atoms with van der Waals surface area (Å²) in [4.78, 5) is 14.2. The van der Waals surface area contributed by atoms with Crippen molar-refractivity contribution >= 4 is 16.7 Å². The fraction of sp³-hybridized carbons (Fsp3) is 0.481. The third kappa shape index (κ3) is 6.03. The number of aromatic hydroxyl groups is 1. The molecule has 0 aliphatic carbocycles. The second-order valence-electron chi connectivity index (χ2n) is 10.1. The Kier molecular flexibility index (Phi) is 7.36. The number of hydrogen-bond donors (Lipinski definition) is 3. The number of hydrogen-bond acceptors (Lipinski definition) is 7. The van der Waals surface area contributed by atoms with Gasteiger partial charge in [-0.3, -0.25) is 4.90 Å². The van der Waals surface area contributed by atoms with Crippen LogP contribution in [0.1, 0.15) is 38.7 Å². The van der Waals surface area contributed by atoms with Crippen LogP contribution in [-0.4, -0.2) is 74.6 Å². The molecule has 2 heterocycles. The lowest BCUT2D eigenvalue weighted by Gasteiger charge is -2.36. The Bertz CT molecular complexity index is 1120. The van der Waals surface area contributed by atoms with Crippen LogP contribution in [0.3, 0.4) is 0 Å². The smallest absolute Gasteiger partial charge is 0.165 e. The van der Waals surface area contributed by atoms with Crippen LogP contribution in [0.4, 0.5) is 5.82 Å². The molecule has 182 valence electrons. The Hall–Kier alpha value is -2.74. The number of fused-ring (bicyclic) bond motifs is 1. The predicted molar refractivity (Wildman–Crippen MR) is 136 cm³/mol. The van der Waals surface area contributed by atoms with E-state index in [4.69, 9.17) is 9.97 Å². The SMILES string of the molecule is Cc1ccc2c(N3CCN(C[C@H](O)CCCC(C)(C)O)CC3)nc(-c3ccccc3O)nc2c1. The zero-order valence-corrected chi connectivity index (χ0v) is 20.4. The van der Waals surface area contributed by atoms with Gasteiger partial charge in [-0.2, -0.15) is 0 Å². The summed E-state index contributed by atoms with van der Waals surface area (Å²) in [6.07, 6.45) is 1.82. The number of aliphatic hydroxyl groups excluding tert-OH is 1. The van der Waals surface area contributed by atoms with Crippen LogP contribution in [0.15, 0.2) is 42.5 Å². The predicted octanol–water partition coefficient (Wildman–Crippen LogP) is 3.73. The van der Waals surface area contributed by atoms with Crippen LogP contribution in [0, 0.1) is 6.92 Å². The van der Waals surface area contributed by atoms with Crippen LogP contribution >= 0.6 is 0 Å². The van der Waals surface area contributed by atoms with E-state index in [1.165, 1.54) is 0 Å².